The van der Waals surface area contributed by atoms with Gasteiger partial charge in [0.25, 0.3) is 5.56 Å². The van der Waals surface area contributed by atoms with E-state index in [-0.39, 0.29) is 17.4 Å². The van der Waals surface area contributed by atoms with Gasteiger partial charge in [-0.3, -0.25) is 14.3 Å². The summed E-state index contributed by atoms with van der Waals surface area (Å²) >= 11 is 0. The van der Waals surface area contributed by atoms with Gasteiger partial charge in [-0.15, -0.1) is 0 Å². The number of fused-ring (bicyclic) bond motifs is 6. The smallest absolute Gasteiger partial charge is 0.330 e. The zero-order valence-electron chi connectivity index (χ0n) is 14.5. The summed E-state index contributed by atoms with van der Waals surface area (Å²) in [4.78, 5) is 34.0. The number of ether oxygens (including phenoxy) is 1. The van der Waals surface area contributed by atoms with E-state index in [0.717, 1.165) is 28.8 Å². The molecular weight excluding hydrogens is 332 g/mol. The highest BCUT2D eigenvalue weighted by molar-refractivity contribution is 5.82. The molecule has 1 aromatic carbocycles. The van der Waals surface area contributed by atoms with E-state index in [9.17, 15) is 9.59 Å². The van der Waals surface area contributed by atoms with Crippen molar-refractivity contribution >= 4 is 16.7 Å². The predicted molar refractivity (Wildman–Crippen MR) is 98.1 cm³/mol. The number of aromatic amines is 1. The first kappa shape index (κ1) is 15.2. The number of H-pyrrole nitrogens is 1. The Kier molecular flexibility index (Phi) is 3.04. The minimum Gasteiger partial charge on any atom is -0.478 e. The zero-order chi connectivity index (χ0) is 18.0. The predicted octanol–water partition coefficient (Wildman–Crippen LogP) is 1.21. The molecule has 0 saturated carbocycles. The van der Waals surface area contributed by atoms with Gasteiger partial charge in [-0.05, 0) is 12.1 Å². The molecule has 7 nitrogen and oxygen atoms in total. The largest absolute Gasteiger partial charge is 0.478 e. The van der Waals surface area contributed by atoms with E-state index in [4.69, 9.17) is 9.72 Å². The van der Waals surface area contributed by atoms with Crippen molar-refractivity contribution in [3.63, 3.8) is 0 Å². The molecule has 0 aliphatic carbocycles. The lowest BCUT2D eigenvalue weighted by Crippen LogP contribution is -2.46. The van der Waals surface area contributed by atoms with Gasteiger partial charge in [0.2, 0.25) is 5.88 Å². The van der Waals surface area contributed by atoms with Gasteiger partial charge < -0.3 is 9.64 Å². The van der Waals surface area contributed by atoms with Crippen molar-refractivity contribution < 1.29 is 4.74 Å². The fraction of sp³-hybridized carbons (Fsp3) is 0.316. The lowest BCUT2D eigenvalue weighted by molar-refractivity contribution is 0.185. The Labute approximate surface area is 148 Å². The maximum absolute atomic E-state index is 12.7. The molecule has 5 rings (SSSR count). The summed E-state index contributed by atoms with van der Waals surface area (Å²) in [5.74, 6) is 1.23. The van der Waals surface area contributed by atoms with Crippen LogP contribution >= 0.6 is 0 Å². The molecule has 2 atom stereocenters. The average Bonchev–Trinajstić information content (AvgIpc) is 2.64. The van der Waals surface area contributed by atoms with E-state index in [0.29, 0.717) is 18.1 Å². The summed E-state index contributed by atoms with van der Waals surface area (Å²) < 4.78 is 7.21. The number of aromatic nitrogens is 3. The summed E-state index contributed by atoms with van der Waals surface area (Å²) in [5.41, 5.74) is 1.63. The first-order chi connectivity index (χ1) is 12.5. The number of anilines is 1. The third-order valence-corrected chi connectivity index (χ3v) is 5.46. The van der Waals surface area contributed by atoms with Gasteiger partial charge in [0, 0.05) is 43.4 Å². The van der Waals surface area contributed by atoms with E-state index in [1.807, 2.05) is 31.3 Å². The molecule has 4 heterocycles. The SMILES string of the molecule is CN1C[C@@H]2COc3c(c(=O)[nH]c(=O)n3C)[C@@H]2c2cc3ccccc3nc21. The van der Waals surface area contributed by atoms with Crippen LogP contribution in [0, 0.1) is 5.92 Å². The summed E-state index contributed by atoms with van der Waals surface area (Å²) in [6, 6.07) is 10.1. The molecule has 0 saturated heterocycles. The Hall–Kier alpha value is -3.09. The molecular formula is C19H18N4O3. The number of para-hydroxylation sites is 1. The lowest BCUT2D eigenvalue weighted by Gasteiger charge is -2.41. The van der Waals surface area contributed by atoms with Crippen LogP contribution in [0.5, 0.6) is 5.88 Å². The van der Waals surface area contributed by atoms with Crippen molar-refractivity contribution in [3.05, 3.63) is 62.3 Å². The number of rotatable bonds is 0. The second kappa shape index (κ2) is 5.20. The monoisotopic (exact) mass is 350 g/mol. The van der Waals surface area contributed by atoms with Crippen molar-refractivity contribution in [1.82, 2.24) is 14.5 Å². The Morgan fingerprint density at radius 1 is 1.23 bits per heavy atom. The van der Waals surface area contributed by atoms with Gasteiger partial charge in [-0.1, -0.05) is 18.2 Å². The van der Waals surface area contributed by atoms with Crippen LogP contribution < -0.4 is 20.9 Å². The highest BCUT2D eigenvalue weighted by Gasteiger charge is 2.42. The number of nitrogens with one attached hydrogen (secondary N) is 1. The second-order valence-electron chi connectivity index (χ2n) is 7.06. The molecule has 0 fully saturated rings. The third-order valence-electron chi connectivity index (χ3n) is 5.46. The maximum atomic E-state index is 12.7. The first-order valence-corrected chi connectivity index (χ1v) is 8.61. The highest BCUT2D eigenvalue weighted by Crippen LogP contribution is 2.45. The van der Waals surface area contributed by atoms with Crippen molar-refractivity contribution in [2.75, 3.05) is 25.1 Å². The summed E-state index contributed by atoms with van der Waals surface area (Å²) in [5, 5.41) is 1.04. The van der Waals surface area contributed by atoms with Gasteiger partial charge in [-0.25, -0.2) is 9.78 Å². The van der Waals surface area contributed by atoms with Crippen LogP contribution in [-0.4, -0.2) is 34.7 Å². The van der Waals surface area contributed by atoms with Crippen molar-refractivity contribution in [2.45, 2.75) is 5.92 Å². The van der Waals surface area contributed by atoms with Gasteiger partial charge in [0.1, 0.15) is 5.82 Å². The summed E-state index contributed by atoms with van der Waals surface area (Å²) in [6.07, 6.45) is 0. The average molecular weight is 350 g/mol. The molecule has 1 N–H and O–H groups in total. The fourth-order valence-corrected chi connectivity index (χ4v) is 4.25. The number of benzene rings is 1. The molecule has 0 radical (unpaired) electrons. The molecule has 0 unspecified atom stereocenters. The van der Waals surface area contributed by atoms with E-state index in [1.54, 1.807) is 7.05 Å². The molecule has 26 heavy (non-hydrogen) atoms. The van der Waals surface area contributed by atoms with Crippen LogP contribution in [0.15, 0.2) is 39.9 Å². The van der Waals surface area contributed by atoms with E-state index < -0.39 is 5.69 Å². The second-order valence-corrected chi connectivity index (χ2v) is 7.06. The molecule has 0 spiro atoms. The minimum atomic E-state index is -0.461. The molecule has 0 bridgehead atoms. The number of nitrogens with zero attached hydrogens (tertiary/aromatic N) is 3. The van der Waals surface area contributed by atoms with Crippen LogP contribution in [0.3, 0.4) is 0 Å². The van der Waals surface area contributed by atoms with Gasteiger partial charge in [-0.2, -0.15) is 0 Å². The van der Waals surface area contributed by atoms with E-state index in [2.05, 4.69) is 16.0 Å². The highest BCUT2D eigenvalue weighted by atomic mass is 16.5. The van der Waals surface area contributed by atoms with Gasteiger partial charge >= 0.3 is 5.69 Å². The number of pyridine rings is 1. The Balaban J connectivity index is 1.83. The van der Waals surface area contributed by atoms with Gasteiger partial charge in [0.05, 0.1) is 17.7 Å². The lowest BCUT2D eigenvalue weighted by atomic mass is 9.77. The standard InChI is InChI=1S/C19H18N4O3/c1-22-8-11-9-26-18-15(17(24)21-19(25)23(18)2)14(11)12-7-10-5-3-4-6-13(10)20-16(12)22/h3-7,11,14H,8-9H2,1-2H3,(H,21,24,25)/t11-,14+/m1/s1. The molecule has 2 aliphatic rings. The topological polar surface area (TPSA) is 80.2 Å². The number of hydrogen-bond acceptors (Lipinski definition) is 5. The first-order valence-electron chi connectivity index (χ1n) is 8.61. The normalized spacial score (nSPS) is 20.9. The Morgan fingerprint density at radius 2 is 2.04 bits per heavy atom. The van der Waals surface area contributed by atoms with Crippen LogP contribution in [0.25, 0.3) is 10.9 Å². The van der Waals surface area contributed by atoms with Crippen molar-refractivity contribution in [2.24, 2.45) is 13.0 Å². The van der Waals surface area contributed by atoms with E-state index in [1.165, 1.54) is 4.57 Å². The molecule has 2 aromatic heterocycles. The van der Waals surface area contributed by atoms with Crippen LogP contribution in [0.4, 0.5) is 5.82 Å². The molecule has 132 valence electrons. The quantitative estimate of drug-likeness (QED) is 0.659. The molecule has 0 amide bonds. The molecule has 2 aliphatic heterocycles. The zero-order valence-corrected chi connectivity index (χ0v) is 14.5. The third kappa shape index (κ3) is 1.97. The Morgan fingerprint density at radius 3 is 2.88 bits per heavy atom. The molecule has 7 heteroatoms. The van der Waals surface area contributed by atoms with Crippen molar-refractivity contribution in [1.29, 1.82) is 0 Å². The molecule has 3 aromatic rings. The van der Waals surface area contributed by atoms with Crippen LogP contribution in [0.2, 0.25) is 0 Å². The van der Waals surface area contributed by atoms with Gasteiger partial charge in [0.15, 0.2) is 0 Å². The Bertz CT molecular complexity index is 1160. The van der Waals surface area contributed by atoms with Crippen LogP contribution in [-0.2, 0) is 7.05 Å². The fourth-order valence-electron chi connectivity index (χ4n) is 4.25. The van der Waals surface area contributed by atoms with Crippen molar-refractivity contribution in [3.8, 4) is 5.88 Å². The summed E-state index contributed by atoms with van der Waals surface area (Å²) in [6.45, 7) is 1.20. The summed E-state index contributed by atoms with van der Waals surface area (Å²) in [7, 11) is 3.63. The maximum Gasteiger partial charge on any atom is 0.330 e. The minimum absolute atomic E-state index is 0.126. The van der Waals surface area contributed by atoms with Crippen LogP contribution in [0.1, 0.15) is 17.0 Å². The van der Waals surface area contributed by atoms with E-state index >= 15 is 0 Å². The number of hydrogen-bond donors (Lipinski definition) is 1.